The molecule has 1 atom stereocenters. The zero-order chi connectivity index (χ0) is 19.5. The minimum Gasteiger partial charge on any atom is -0.477 e. The number of aliphatic carboxylic acids is 1. The molecule has 2 rings (SSSR count). The molecule has 1 amide bonds. The van der Waals surface area contributed by atoms with Gasteiger partial charge in [0.25, 0.3) is 0 Å². The van der Waals surface area contributed by atoms with E-state index >= 15 is 0 Å². The van der Waals surface area contributed by atoms with Crippen molar-refractivity contribution in [2.45, 2.75) is 39.0 Å². The van der Waals surface area contributed by atoms with Crippen LogP contribution in [0, 0.1) is 0 Å². The van der Waals surface area contributed by atoms with E-state index in [1.165, 1.54) is 0 Å². The van der Waals surface area contributed by atoms with Crippen molar-refractivity contribution >= 4 is 12.1 Å². The standard InChI is InChI=1S/C19H29N3O4/c1-14-7-6-8-16(20(5)15(13-14)17(23)24)21-9-11-22(12-10-21)18(25)26-19(2,3)4/h6-7,13,16H,1,8-12H2,2-5H3,(H,23,24)/b7-6-,15-13-. The third-order valence-corrected chi connectivity index (χ3v) is 4.43. The van der Waals surface area contributed by atoms with Crippen LogP contribution in [0.3, 0.4) is 0 Å². The predicted octanol–water partition coefficient (Wildman–Crippen LogP) is 2.28. The van der Waals surface area contributed by atoms with Gasteiger partial charge in [-0.25, -0.2) is 9.59 Å². The second-order valence-electron chi connectivity index (χ2n) is 7.64. The quantitative estimate of drug-likeness (QED) is 0.811. The molecule has 26 heavy (non-hydrogen) atoms. The lowest BCUT2D eigenvalue weighted by atomic mass is 10.1. The van der Waals surface area contributed by atoms with Gasteiger partial charge in [-0.15, -0.1) is 0 Å². The highest BCUT2D eigenvalue weighted by molar-refractivity contribution is 5.86. The van der Waals surface area contributed by atoms with Gasteiger partial charge in [0, 0.05) is 33.2 Å². The Bertz CT molecular complexity index is 625. The van der Waals surface area contributed by atoms with E-state index in [2.05, 4.69) is 11.5 Å². The van der Waals surface area contributed by atoms with Crippen molar-refractivity contribution in [2.75, 3.05) is 33.2 Å². The van der Waals surface area contributed by atoms with Crippen molar-refractivity contribution in [1.82, 2.24) is 14.7 Å². The summed E-state index contributed by atoms with van der Waals surface area (Å²) in [5, 5.41) is 9.52. The van der Waals surface area contributed by atoms with Gasteiger partial charge in [0.1, 0.15) is 11.3 Å². The summed E-state index contributed by atoms with van der Waals surface area (Å²) in [6.07, 6.45) is 5.75. The number of hydrogen-bond acceptors (Lipinski definition) is 5. The number of nitrogens with zero attached hydrogens (tertiary/aromatic N) is 3. The molecule has 7 nitrogen and oxygen atoms in total. The van der Waals surface area contributed by atoms with Crippen molar-refractivity contribution in [3.8, 4) is 0 Å². The van der Waals surface area contributed by atoms with Gasteiger partial charge in [-0.05, 0) is 38.8 Å². The maximum absolute atomic E-state index is 12.2. The van der Waals surface area contributed by atoms with Crippen molar-refractivity contribution in [1.29, 1.82) is 0 Å². The molecule has 0 saturated carbocycles. The molecule has 0 spiro atoms. The Hall–Kier alpha value is -2.28. The van der Waals surface area contributed by atoms with Crippen LogP contribution in [0.5, 0.6) is 0 Å². The highest BCUT2D eigenvalue weighted by Gasteiger charge is 2.32. The molecule has 1 fully saturated rings. The van der Waals surface area contributed by atoms with Gasteiger partial charge in [-0.2, -0.15) is 0 Å². The molecule has 2 aliphatic rings. The molecule has 7 heteroatoms. The fraction of sp³-hybridized carbons (Fsp3) is 0.579. The van der Waals surface area contributed by atoms with Crippen molar-refractivity contribution in [2.24, 2.45) is 0 Å². The van der Waals surface area contributed by atoms with Gasteiger partial charge >= 0.3 is 12.1 Å². The molecule has 0 bridgehead atoms. The molecule has 1 N–H and O–H groups in total. The van der Waals surface area contributed by atoms with Gasteiger partial charge in [0.15, 0.2) is 0 Å². The molecule has 0 aromatic heterocycles. The van der Waals surface area contributed by atoms with Gasteiger partial charge in [0.05, 0.1) is 6.17 Å². The van der Waals surface area contributed by atoms with Crippen LogP contribution in [0.2, 0.25) is 0 Å². The van der Waals surface area contributed by atoms with E-state index in [1.54, 1.807) is 22.9 Å². The zero-order valence-corrected chi connectivity index (χ0v) is 16.1. The van der Waals surface area contributed by atoms with Gasteiger partial charge in [-0.3, -0.25) is 4.90 Å². The SMILES string of the molecule is C=C1/C=C\CC(N2CCN(C(=O)OC(C)(C)C)CC2)N(C)/C(C(=O)O)=C\1. The molecule has 2 heterocycles. The summed E-state index contributed by atoms with van der Waals surface area (Å²) in [7, 11) is 1.79. The number of carbonyl (C=O) groups is 2. The average molecular weight is 363 g/mol. The summed E-state index contributed by atoms with van der Waals surface area (Å²) in [5.41, 5.74) is 0.379. The van der Waals surface area contributed by atoms with E-state index in [4.69, 9.17) is 4.74 Å². The van der Waals surface area contributed by atoms with E-state index in [9.17, 15) is 14.7 Å². The molecule has 144 valence electrons. The second-order valence-corrected chi connectivity index (χ2v) is 7.64. The van der Waals surface area contributed by atoms with E-state index < -0.39 is 11.6 Å². The van der Waals surface area contributed by atoms with Crippen LogP contribution in [-0.2, 0) is 9.53 Å². The number of rotatable bonds is 2. The first kappa shape index (κ1) is 20.0. The number of hydrogen-bond donors (Lipinski definition) is 1. The lowest BCUT2D eigenvalue weighted by Crippen LogP contribution is -2.56. The van der Waals surface area contributed by atoms with E-state index in [-0.39, 0.29) is 18.0 Å². The van der Waals surface area contributed by atoms with Crippen LogP contribution in [0.15, 0.2) is 36.1 Å². The number of carboxylic acids is 1. The Kier molecular flexibility index (Phi) is 6.13. The number of amides is 1. The fourth-order valence-electron chi connectivity index (χ4n) is 3.12. The lowest BCUT2D eigenvalue weighted by Gasteiger charge is -2.43. The summed E-state index contributed by atoms with van der Waals surface area (Å²) >= 11 is 0. The first-order chi connectivity index (χ1) is 12.1. The topological polar surface area (TPSA) is 73.3 Å². The summed E-state index contributed by atoms with van der Waals surface area (Å²) in [5.74, 6) is -0.971. The second kappa shape index (κ2) is 7.95. The Labute approximate surface area is 155 Å². The first-order valence-corrected chi connectivity index (χ1v) is 8.84. The molecule has 0 aromatic rings. The predicted molar refractivity (Wildman–Crippen MR) is 99.5 cm³/mol. The van der Waals surface area contributed by atoms with Crippen LogP contribution in [-0.4, -0.2) is 76.9 Å². The van der Waals surface area contributed by atoms with Crippen LogP contribution in [0.4, 0.5) is 4.79 Å². The highest BCUT2D eigenvalue weighted by Crippen LogP contribution is 2.22. The average Bonchev–Trinajstić information content (AvgIpc) is 2.53. The molecule has 0 aromatic carbocycles. The number of ether oxygens (including phenoxy) is 1. The van der Waals surface area contributed by atoms with Gasteiger partial charge in [-0.1, -0.05) is 18.7 Å². The minimum absolute atomic E-state index is 0.0810. The molecule has 2 aliphatic heterocycles. The Balaban J connectivity index is 2.04. The Morgan fingerprint density at radius 3 is 2.38 bits per heavy atom. The number of piperazine rings is 1. The largest absolute Gasteiger partial charge is 0.477 e. The van der Waals surface area contributed by atoms with Gasteiger partial charge < -0.3 is 19.6 Å². The first-order valence-electron chi connectivity index (χ1n) is 8.84. The summed E-state index contributed by atoms with van der Waals surface area (Å²) in [6, 6.07) is 0. The van der Waals surface area contributed by atoms with Crippen molar-refractivity contribution in [3.63, 3.8) is 0 Å². The molecule has 0 aliphatic carbocycles. The third-order valence-electron chi connectivity index (χ3n) is 4.43. The molecular weight excluding hydrogens is 334 g/mol. The number of carbonyl (C=O) groups excluding carboxylic acids is 1. The molecule has 1 saturated heterocycles. The maximum Gasteiger partial charge on any atom is 0.410 e. The van der Waals surface area contributed by atoms with Crippen molar-refractivity contribution in [3.05, 3.63) is 36.1 Å². The third kappa shape index (κ3) is 5.11. The number of likely N-dealkylation sites (N-methyl/N-ethyl adjacent to an activating group) is 1. The van der Waals surface area contributed by atoms with Crippen LogP contribution in [0.25, 0.3) is 0 Å². The molecule has 1 unspecified atom stereocenters. The molecular formula is C19H29N3O4. The fourth-order valence-corrected chi connectivity index (χ4v) is 3.12. The van der Waals surface area contributed by atoms with E-state index in [1.807, 2.05) is 32.9 Å². The maximum atomic E-state index is 12.2. The summed E-state index contributed by atoms with van der Waals surface area (Å²) < 4.78 is 5.43. The number of allylic oxidation sites excluding steroid dienone is 3. The lowest BCUT2D eigenvalue weighted by molar-refractivity contribution is -0.135. The summed E-state index contributed by atoms with van der Waals surface area (Å²) in [4.78, 5) is 29.5. The highest BCUT2D eigenvalue weighted by atomic mass is 16.6. The van der Waals surface area contributed by atoms with E-state index in [0.29, 0.717) is 38.2 Å². The normalized spacial score (nSPS) is 25.8. The van der Waals surface area contributed by atoms with Crippen LogP contribution < -0.4 is 0 Å². The van der Waals surface area contributed by atoms with E-state index in [0.717, 1.165) is 0 Å². The smallest absolute Gasteiger partial charge is 0.410 e. The van der Waals surface area contributed by atoms with Gasteiger partial charge in [0.2, 0.25) is 0 Å². The van der Waals surface area contributed by atoms with Crippen LogP contribution >= 0.6 is 0 Å². The van der Waals surface area contributed by atoms with Crippen molar-refractivity contribution < 1.29 is 19.4 Å². The number of carboxylic acid groups (broad SMARTS) is 1. The summed E-state index contributed by atoms with van der Waals surface area (Å²) in [6.45, 7) is 11.8. The van der Waals surface area contributed by atoms with Crippen LogP contribution in [0.1, 0.15) is 27.2 Å². The Morgan fingerprint density at radius 1 is 1.23 bits per heavy atom. The monoisotopic (exact) mass is 363 g/mol. The minimum atomic E-state index is -0.971. The zero-order valence-electron chi connectivity index (χ0n) is 16.1. The molecule has 0 radical (unpaired) electrons. The Morgan fingerprint density at radius 2 is 1.85 bits per heavy atom.